The molecule has 9 heteroatoms. The number of nitrogens with one attached hydrogen (secondary N) is 1. The monoisotopic (exact) mass is 466 g/mol. The third kappa shape index (κ3) is 3.91. The van der Waals surface area contributed by atoms with Crippen LogP contribution >= 0.6 is 0 Å². The zero-order valence-electron chi connectivity index (χ0n) is 17.7. The quantitative estimate of drug-likeness (QED) is 0.675. The van der Waals surface area contributed by atoms with Gasteiger partial charge in [-0.05, 0) is 60.7 Å². The van der Waals surface area contributed by atoms with Crippen LogP contribution in [-0.4, -0.2) is 29.9 Å². The van der Waals surface area contributed by atoms with Gasteiger partial charge in [0.2, 0.25) is 5.91 Å². The van der Waals surface area contributed by atoms with E-state index in [9.17, 15) is 26.7 Å². The zero-order chi connectivity index (χ0) is 23.4. The second kappa shape index (κ2) is 8.06. The third-order valence-corrected chi connectivity index (χ3v) is 6.90. The number of fused-ring (bicyclic) bond motifs is 2. The summed E-state index contributed by atoms with van der Waals surface area (Å²) in [4.78, 5) is 15.3. The van der Waals surface area contributed by atoms with Crippen LogP contribution in [0, 0.1) is 17.6 Å². The molecule has 1 N–H and O–H groups in total. The molecule has 0 radical (unpaired) electrons. The summed E-state index contributed by atoms with van der Waals surface area (Å²) in [6.07, 6.45) is -2.73. The number of carbonyl (C=O) groups is 1. The van der Waals surface area contributed by atoms with Crippen molar-refractivity contribution in [2.75, 3.05) is 13.1 Å². The fraction of sp³-hybridized carbons (Fsp3) is 0.458. The maximum Gasteiger partial charge on any atom is 0.416 e. The number of ether oxygens (including phenoxy) is 1. The van der Waals surface area contributed by atoms with Crippen molar-refractivity contribution >= 4 is 5.91 Å². The van der Waals surface area contributed by atoms with E-state index in [0.717, 1.165) is 18.2 Å². The van der Waals surface area contributed by atoms with Crippen molar-refractivity contribution in [3.8, 4) is 0 Å². The first-order valence-electron chi connectivity index (χ1n) is 11.0. The van der Waals surface area contributed by atoms with Crippen molar-refractivity contribution in [3.63, 3.8) is 0 Å². The van der Waals surface area contributed by atoms with Gasteiger partial charge in [-0.15, -0.1) is 0 Å². The van der Waals surface area contributed by atoms with Crippen molar-refractivity contribution in [1.29, 1.82) is 0 Å². The molecule has 1 unspecified atom stereocenters. The van der Waals surface area contributed by atoms with E-state index in [4.69, 9.17) is 4.74 Å². The van der Waals surface area contributed by atoms with E-state index in [2.05, 4.69) is 5.32 Å². The number of halogens is 5. The number of piperidine rings is 1. The van der Waals surface area contributed by atoms with Crippen LogP contribution in [0.4, 0.5) is 22.0 Å². The normalized spacial score (nSPS) is 24.7. The lowest BCUT2D eigenvalue weighted by molar-refractivity contribution is -0.158. The van der Waals surface area contributed by atoms with Gasteiger partial charge in [0.1, 0.15) is 5.60 Å². The molecule has 2 aromatic rings. The average Bonchev–Trinajstić information content (AvgIpc) is 3.57. The average molecular weight is 466 g/mol. The van der Waals surface area contributed by atoms with Gasteiger partial charge in [-0.1, -0.05) is 18.2 Å². The van der Waals surface area contributed by atoms with Gasteiger partial charge in [-0.25, -0.2) is 8.78 Å². The van der Waals surface area contributed by atoms with E-state index in [1.165, 1.54) is 23.1 Å². The van der Waals surface area contributed by atoms with Gasteiger partial charge in [-0.3, -0.25) is 4.79 Å². The Morgan fingerprint density at radius 3 is 2.61 bits per heavy atom. The van der Waals surface area contributed by atoms with Gasteiger partial charge in [-0.2, -0.15) is 13.2 Å². The van der Waals surface area contributed by atoms with E-state index >= 15 is 0 Å². The SMILES string of the molecule is O=C(C1CNCC[C@@]12OCc1cc(F)c(F)cc12)N(Cc1ccccc1C(F)(F)F)C1CC1. The molecule has 2 atom stereocenters. The third-order valence-electron chi connectivity index (χ3n) is 6.90. The Morgan fingerprint density at radius 1 is 1.15 bits per heavy atom. The minimum atomic E-state index is -4.53. The first-order valence-corrected chi connectivity index (χ1v) is 11.0. The number of rotatable bonds is 4. The maximum absolute atomic E-state index is 14.1. The van der Waals surface area contributed by atoms with Crippen molar-refractivity contribution in [1.82, 2.24) is 10.2 Å². The number of benzene rings is 2. The van der Waals surface area contributed by atoms with Crippen LogP contribution in [0.2, 0.25) is 0 Å². The van der Waals surface area contributed by atoms with Crippen molar-refractivity contribution in [2.45, 2.75) is 50.2 Å². The second-order valence-electron chi connectivity index (χ2n) is 8.96. The van der Waals surface area contributed by atoms with E-state index in [-0.39, 0.29) is 37.2 Å². The molecule has 2 aromatic carbocycles. The fourth-order valence-corrected chi connectivity index (χ4v) is 5.12. The molecular weight excluding hydrogens is 443 g/mol. The fourth-order valence-electron chi connectivity index (χ4n) is 5.12. The largest absolute Gasteiger partial charge is 0.416 e. The summed E-state index contributed by atoms with van der Waals surface area (Å²) in [6.45, 7) is 0.636. The lowest BCUT2D eigenvalue weighted by atomic mass is 9.75. The van der Waals surface area contributed by atoms with Gasteiger partial charge < -0.3 is 15.0 Å². The number of carbonyl (C=O) groups excluding carboxylic acids is 1. The zero-order valence-corrected chi connectivity index (χ0v) is 17.7. The predicted molar refractivity (Wildman–Crippen MR) is 109 cm³/mol. The Bertz CT molecular complexity index is 1090. The molecule has 3 aliphatic rings. The standard InChI is InChI=1S/C24H23F5N2O2/c25-20-9-15-13-33-23(18(15)10-21(20)26)7-8-30-11-19(23)22(32)31(16-5-6-16)12-14-3-1-2-4-17(14)24(27,28)29/h1-4,9-10,16,19,30H,5-8,11-13H2/t19?,23-/m0/s1. The lowest BCUT2D eigenvalue weighted by Gasteiger charge is -2.43. The Labute approximate surface area is 187 Å². The summed E-state index contributed by atoms with van der Waals surface area (Å²) in [5.41, 5.74) is -0.923. The van der Waals surface area contributed by atoms with E-state index in [1.807, 2.05) is 0 Å². The summed E-state index contributed by atoms with van der Waals surface area (Å²) in [5, 5.41) is 3.16. The molecule has 1 saturated heterocycles. The summed E-state index contributed by atoms with van der Waals surface area (Å²) < 4.78 is 74.6. The highest BCUT2D eigenvalue weighted by Gasteiger charge is 2.53. The van der Waals surface area contributed by atoms with Crippen molar-refractivity contribution in [3.05, 3.63) is 70.3 Å². The first-order chi connectivity index (χ1) is 15.7. The predicted octanol–water partition coefficient (Wildman–Crippen LogP) is 4.51. The number of amides is 1. The van der Waals surface area contributed by atoms with E-state index in [1.54, 1.807) is 0 Å². The van der Waals surface area contributed by atoms with Gasteiger partial charge in [0.25, 0.3) is 0 Å². The van der Waals surface area contributed by atoms with Crippen LogP contribution in [0.25, 0.3) is 0 Å². The summed E-state index contributed by atoms with van der Waals surface area (Å²) >= 11 is 0. The molecule has 2 aliphatic heterocycles. The minimum Gasteiger partial charge on any atom is -0.365 e. The molecule has 5 rings (SSSR count). The molecule has 0 bridgehead atoms. The van der Waals surface area contributed by atoms with Gasteiger partial charge in [0.05, 0.1) is 18.1 Å². The van der Waals surface area contributed by atoms with Crippen LogP contribution in [0.1, 0.15) is 41.5 Å². The molecule has 0 aromatic heterocycles. The molecule has 4 nitrogen and oxygen atoms in total. The molecule has 33 heavy (non-hydrogen) atoms. The second-order valence-corrected chi connectivity index (χ2v) is 8.96. The smallest absolute Gasteiger partial charge is 0.365 e. The molecule has 1 amide bonds. The summed E-state index contributed by atoms with van der Waals surface area (Å²) in [6, 6.07) is 7.31. The highest BCUT2D eigenvalue weighted by molar-refractivity contribution is 5.82. The molecule has 2 fully saturated rings. The number of hydrogen-bond donors (Lipinski definition) is 1. The van der Waals surface area contributed by atoms with Crippen molar-refractivity contribution in [2.24, 2.45) is 5.92 Å². The molecule has 1 spiro atoms. The van der Waals surface area contributed by atoms with Gasteiger partial charge in [0.15, 0.2) is 11.6 Å². The van der Waals surface area contributed by atoms with Gasteiger partial charge in [0, 0.05) is 19.1 Å². The topological polar surface area (TPSA) is 41.6 Å². The summed E-state index contributed by atoms with van der Waals surface area (Å²) in [7, 11) is 0. The Morgan fingerprint density at radius 2 is 1.88 bits per heavy atom. The van der Waals surface area contributed by atoms with E-state index in [0.29, 0.717) is 36.9 Å². The van der Waals surface area contributed by atoms with Crippen LogP contribution in [0.5, 0.6) is 0 Å². The minimum absolute atomic E-state index is 0.0314. The number of alkyl halides is 3. The molecule has 2 heterocycles. The lowest BCUT2D eigenvalue weighted by Crippen LogP contribution is -2.55. The number of nitrogens with zero attached hydrogens (tertiary/aromatic N) is 1. The Kier molecular flexibility index (Phi) is 5.44. The van der Waals surface area contributed by atoms with Crippen LogP contribution in [-0.2, 0) is 34.5 Å². The number of hydrogen-bond acceptors (Lipinski definition) is 3. The van der Waals surface area contributed by atoms with Crippen molar-refractivity contribution < 1.29 is 31.5 Å². The maximum atomic E-state index is 14.1. The molecular formula is C24H23F5N2O2. The van der Waals surface area contributed by atoms with Gasteiger partial charge >= 0.3 is 6.18 Å². The van der Waals surface area contributed by atoms with Crippen LogP contribution < -0.4 is 5.32 Å². The first kappa shape index (κ1) is 22.3. The highest BCUT2D eigenvalue weighted by Crippen LogP contribution is 2.48. The summed E-state index contributed by atoms with van der Waals surface area (Å²) in [5.74, 6) is -3.09. The van der Waals surface area contributed by atoms with Crippen LogP contribution in [0.15, 0.2) is 36.4 Å². The molecule has 1 aliphatic carbocycles. The highest BCUT2D eigenvalue weighted by atomic mass is 19.4. The Balaban J connectivity index is 1.50. The molecule has 176 valence electrons. The van der Waals surface area contributed by atoms with Crippen LogP contribution in [0.3, 0.4) is 0 Å². The molecule has 1 saturated carbocycles. The Hall–Kier alpha value is -2.52. The van der Waals surface area contributed by atoms with E-state index < -0.39 is 34.9 Å².